The summed E-state index contributed by atoms with van der Waals surface area (Å²) in [5.41, 5.74) is 8.12. The Hall–Kier alpha value is -1.63. The van der Waals surface area contributed by atoms with Crippen LogP contribution in [-0.4, -0.2) is 19.8 Å². The molecule has 0 amide bonds. The second-order valence-electron chi connectivity index (χ2n) is 5.08. The van der Waals surface area contributed by atoms with Crippen molar-refractivity contribution in [2.24, 2.45) is 5.73 Å². The summed E-state index contributed by atoms with van der Waals surface area (Å²) in [4.78, 5) is 0.303. The molecule has 0 aliphatic heterocycles. The molecule has 2 rings (SSSR count). The predicted octanol–water partition coefficient (Wildman–Crippen LogP) is 2.18. The van der Waals surface area contributed by atoms with Gasteiger partial charge in [0.25, 0.3) is 0 Å². The summed E-state index contributed by atoms with van der Waals surface area (Å²) in [6.45, 7) is 4.20. The highest BCUT2D eigenvalue weighted by molar-refractivity contribution is 7.89. The zero-order chi connectivity index (χ0) is 15.6. The van der Waals surface area contributed by atoms with Crippen LogP contribution < -0.4 is 5.73 Å². The van der Waals surface area contributed by atoms with Crippen LogP contribution in [0.1, 0.15) is 22.5 Å². The Morgan fingerprint density at radius 3 is 2.57 bits per heavy atom. The summed E-state index contributed by atoms with van der Waals surface area (Å²) in [5.74, 6) is 0.602. The van der Waals surface area contributed by atoms with E-state index < -0.39 is 10.0 Å². The third kappa shape index (κ3) is 3.18. The molecule has 2 N–H and O–H groups in total. The Balaban J connectivity index is 2.41. The smallest absolute Gasteiger partial charge is 0.243 e. The minimum absolute atomic E-state index is 0.195. The van der Waals surface area contributed by atoms with Crippen molar-refractivity contribution < 1.29 is 12.8 Å². The van der Waals surface area contributed by atoms with Crippen molar-refractivity contribution in [2.75, 3.05) is 7.05 Å². The molecule has 0 saturated carbocycles. The first-order chi connectivity index (χ1) is 9.86. The third-order valence-electron chi connectivity index (χ3n) is 3.56. The first kappa shape index (κ1) is 15.8. The quantitative estimate of drug-likeness (QED) is 0.918. The molecule has 1 heterocycles. The molecule has 5 nitrogen and oxygen atoms in total. The summed E-state index contributed by atoms with van der Waals surface area (Å²) < 4.78 is 32.0. The SMILES string of the molecule is Cc1cc(CN)cc(S(=O)(=O)N(C)Cc2ccco2)c1C. The van der Waals surface area contributed by atoms with Gasteiger partial charge < -0.3 is 10.2 Å². The lowest BCUT2D eigenvalue weighted by Crippen LogP contribution is -2.27. The minimum Gasteiger partial charge on any atom is -0.468 e. The molecule has 0 atom stereocenters. The number of rotatable bonds is 5. The third-order valence-corrected chi connectivity index (χ3v) is 5.49. The molecular formula is C15H20N2O3S. The van der Waals surface area contributed by atoms with Gasteiger partial charge in [0.2, 0.25) is 10.0 Å². The number of furan rings is 1. The number of nitrogens with zero attached hydrogens (tertiary/aromatic N) is 1. The number of sulfonamides is 1. The lowest BCUT2D eigenvalue weighted by molar-refractivity contribution is 0.406. The molecule has 6 heteroatoms. The van der Waals surface area contributed by atoms with Crippen molar-refractivity contribution in [3.8, 4) is 0 Å². The van der Waals surface area contributed by atoms with E-state index in [0.717, 1.165) is 16.7 Å². The predicted molar refractivity (Wildman–Crippen MR) is 81.2 cm³/mol. The Labute approximate surface area is 125 Å². The maximum Gasteiger partial charge on any atom is 0.243 e. The van der Waals surface area contributed by atoms with Gasteiger partial charge in [-0.15, -0.1) is 0 Å². The molecular weight excluding hydrogens is 288 g/mol. The van der Waals surface area contributed by atoms with Crippen LogP contribution in [0.5, 0.6) is 0 Å². The van der Waals surface area contributed by atoms with Gasteiger partial charge in [0.05, 0.1) is 17.7 Å². The van der Waals surface area contributed by atoms with Gasteiger partial charge in [0.15, 0.2) is 0 Å². The van der Waals surface area contributed by atoms with Gasteiger partial charge in [-0.25, -0.2) is 8.42 Å². The molecule has 114 valence electrons. The molecule has 2 aromatic rings. The molecule has 0 spiro atoms. The zero-order valence-corrected chi connectivity index (χ0v) is 13.3. The zero-order valence-electron chi connectivity index (χ0n) is 12.5. The van der Waals surface area contributed by atoms with Crippen molar-refractivity contribution in [3.63, 3.8) is 0 Å². The fourth-order valence-corrected chi connectivity index (χ4v) is 3.64. The van der Waals surface area contributed by atoms with Crippen molar-refractivity contribution >= 4 is 10.0 Å². The van der Waals surface area contributed by atoms with E-state index in [2.05, 4.69) is 0 Å². The fourth-order valence-electron chi connectivity index (χ4n) is 2.16. The van der Waals surface area contributed by atoms with E-state index in [1.54, 1.807) is 25.2 Å². The number of hydrogen-bond acceptors (Lipinski definition) is 4. The maximum absolute atomic E-state index is 12.7. The minimum atomic E-state index is -3.58. The molecule has 0 fully saturated rings. The fraction of sp³-hybridized carbons (Fsp3) is 0.333. The van der Waals surface area contributed by atoms with E-state index in [-0.39, 0.29) is 6.54 Å². The molecule has 0 aliphatic rings. The highest BCUT2D eigenvalue weighted by Gasteiger charge is 2.24. The van der Waals surface area contributed by atoms with Crippen LogP contribution >= 0.6 is 0 Å². The van der Waals surface area contributed by atoms with Crippen molar-refractivity contribution in [1.82, 2.24) is 4.31 Å². The van der Waals surface area contributed by atoms with Crippen molar-refractivity contribution in [1.29, 1.82) is 0 Å². The first-order valence-electron chi connectivity index (χ1n) is 6.65. The number of aryl methyl sites for hydroxylation is 1. The Morgan fingerprint density at radius 1 is 1.29 bits per heavy atom. The van der Waals surface area contributed by atoms with Crippen LogP contribution in [0.2, 0.25) is 0 Å². The van der Waals surface area contributed by atoms with Gasteiger partial charge in [0, 0.05) is 13.6 Å². The molecule has 0 radical (unpaired) electrons. The number of hydrogen-bond donors (Lipinski definition) is 1. The van der Waals surface area contributed by atoms with E-state index in [1.165, 1.54) is 10.6 Å². The average molecular weight is 308 g/mol. The van der Waals surface area contributed by atoms with E-state index in [0.29, 0.717) is 17.2 Å². The first-order valence-corrected chi connectivity index (χ1v) is 8.09. The van der Waals surface area contributed by atoms with Gasteiger partial charge in [0.1, 0.15) is 5.76 Å². The molecule has 0 aliphatic carbocycles. The molecule has 1 aromatic carbocycles. The van der Waals surface area contributed by atoms with Crippen LogP contribution in [0.15, 0.2) is 39.8 Å². The maximum atomic E-state index is 12.7. The lowest BCUT2D eigenvalue weighted by atomic mass is 10.1. The monoisotopic (exact) mass is 308 g/mol. The molecule has 21 heavy (non-hydrogen) atoms. The Morgan fingerprint density at radius 2 is 2.00 bits per heavy atom. The summed E-state index contributed by atoms with van der Waals surface area (Å²) in [6.07, 6.45) is 1.53. The topological polar surface area (TPSA) is 76.5 Å². The van der Waals surface area contributed by atoms with Crippen LogP contribution in [0.25, 0.3) is 0 Å². The van der Waals surface area contributed by atoms with Gasteiger partial charge >= 0.3 is 0 Å². The molecule has 0 unspecified atom stereocenters. The van der Waals surface area contributed by atoms with Gasteiger partial charge in [-0.2, -0.15) is 4.31 Å². The van der Waals surface area contributed by atoms with E-state index in [4.69, 9.17) is 10.2 Å². The summed E-state index contributed by atoms with van der Waals surface area (Å²) >= 11 is 0. The summed E-state index contributed by atoms with van der Waals surface area (Å²) in [5, 5.41) is 0. The highest BCUT2D eigenvalue weighted by atomic mass is 32.2. The highest BCUT2D eigenvalue weighted by Crippen LogP contribution is 2.24. The molecule has 1 aromatic heterocycles. The van der Waals surface area contributed by atoms with E-state index in [1.807, 2.05) is 19.9 Å². The average Bonchev–Trinajstić information content (AvgIpc) is 2.94. The molecule has 0 bridgehead atoms. The largest absolute Gasteiger partial charge is 0.468 e. The lowest BCUT2D eigenvalue weighted by Gasteiger charge is -2.19. The molecule has 0 saturated heterocycles. The number of benzene rings is 1. The number of nitrogens with two attached hydrogens (primary N) is 1. The van der Waals surface area contributed by atoms with E-state index >= 15 is 0 Å². The van der Waals surface area contributed by atoms with Crippen LogP contribution in [0.4, 0.5) is 0 Å². The van der Waals surface area contributed by atoms with Gasteiger partial charge in [-0.3, -0.25) is 0 Å². The summed E-state index contributed by atoms with van der Waals surface area (Å²) in [6, 6.07) is 7.05. The van der Waals surface area contributed by atoms with Crippen LogP contribution in [0, 0.1) is 13.8 Å². The van der Waals surface area contributed by atoms with Gasteiger partial charge in [-0.1, -0.05) is 6.07 Å². The summed E-state index contributed by atoms with van der Waals surface area (Å²) in [7, 11) is -2.04. The van der Waals surface area contributed by atoms with E-state index in [9.17, 15) is 8.42 Å². The van der Waals surface area contributed by atoms with Crippen molar-refractivity contribution in [3.05, 3.63) is 53.0 Å². The van der Waals surface area contributed by atoms with Crippen LogP contribution in [-0.2, 0) is 23.1 Å². The Bertz CT molecular complexity index is 722. The Kier molecular flexibility index (Phi) is 4.51. The van der Waals surface area contributed by atoms with Crippen LogP contribution in [0.3, 0.4) is 0 Å². The van der Waals surface area contributed by atoms with Gasteiger partial charge in [-0.05, 0) is 48.7 Å². The second kappa shape index (κ2) is 6.01. The normalized spacial score (nSPS) is 12.0. The standard InChI is InChI=1S/C15H20N2O3S/c1-11-7-13(9-16)8-15(12(11)2)21(18,19)17(3)10-14-5-4-6-20-14/h4-8H,9-10,16H2,1-3H3. The second-order valence-corrected chi connectivity index (χ2v) is 7.09. The van der Waals surface area contributed by atoms with Crippen molar-refractivity contribution in [2.45, 2.75) is 31.8 Å².